The molecule has 36 heavy (non-hydrogen) atoms. The van der Waals surface area contributed by atoms with E-state index in [0.717, 1.165) is 29.7 Å². The number of para-hydroxylation sites is 1. The number of hydrogen-bond acceptors (Lipinski definition) is 3. The van der Waals surface area contributed by atoms with E-state index in [-0.39, 0.29) is 29.4 Å². The third-order valence-electron chi connectivity index (χ3n) is 9.38. The van der Waals surface area contributed by atoms with Gasteiger partial charge in [0.1, 0.15) is 6.04 Å². The van der Waals surface area contributed by atoms with Crippen LogP contribution in [0.1, 0.15) is 74.2 Å². The summed E-state index contributed by atoms with van der Waals surface area (Å²) in [6.07, 6.45) is 8.54. The molecule has 188 valence electrons. The lowest BCUT2D eigenvalue weighted by Gasteiger charge is -2.58. The van der Waals surface area contributed by atoms with Gasteiger partial charge in [0.2, 0.25) is 11.8 Å². The summed E-state index contributed by atoms with van der Waals surface area (Å²) in [5, 5.41) is 0. The number of fused-ring (bicyclic) bond motifs is 1. The van der Waals surface area contributed by atoms with Crippen LogP contribution >= 0.6 is 0 Å². The molecule has 4 fully saturated rings. The minimum atomic E-state index is -0.540. The minimum absolute atomic E-state index is 0.0156. The van der Waals surface area contributed by atoms with E-state index in [2.05, 4.69) is 0 Å². The van der Waals surface area contributed by atoms with Crippen molar-refractivity contribution in [3.05, 3.63) is 65.7 Å². The first-order chi connectivity index (χ1) is 17.4. The Hall–Kier alpha value is -2.95. The fraction of sp³-hybridized carbons (Fsp3) is 0.516. The number of hydrogen-bond donors (Lipinski definition) is 0. The Bertz CT molecular complexity index is 1140. The largest absolute Gasteiger partial charge is 0.330 e. The van der Waals surface area contributed by atoms with Crippen molar-refractivity contribution < 1.29 is 14.4 Å². The number of carbonyl (C=O) groups excluding carboxylic acids is 3. The molecule has 2 aromatic carbocycles. The van der Waals surface area contributed by atoms with Gasteiger partial charge in [-0.25, -0.2) is 0 Å². The fourth-order valence-corrected chi connectivity index (χ4v) is 8.34. The highest BCUT2D eigenvalue weighted by Crippen LogP contribution is 2.62. The number of Topliss-reactive ketones (excluding diaryl/α,β-unsaturated/α-hetero) is 1. The lowest BCUT2D eigenvalue weighted by molar-refractivity contribution is -0.142. The maximum Gasteiger partial charge on any atom is 0.250 e. The van der Waals surface area contributed by atoms with Crippen LogP contribution in [0.25, 0.3) is 0 Å². The molecule has 0 unspecified atom stereocenters. The summed E-state index contributed by atoms with van der Waals surface area (Å²) < 4.78 is 0. The van der Waals surface area contributed by atoms with E-state index in [1.807, 2.05) is 54.6 Å². The molecule has 0 radical (unpaired) electrons. The van der Waals surface area contributed by atoms with Crippen LogP contribution in [0.15, 0.2) is 54.6 Å². The molecule has 0 aromatic heterocycles. The summed E-state index contributed by atoms with van der Waals surface area (Å²) in [5.74, 6) is 2.14. The molecule has 0 saturated heterocycles. The second-order valence-electron chi connectivity index (χ2n) is 12.0. The number of rotatable bonds is 4. The predicted molar refractivity (Wildman–Crippen MR) is 139 cm³/mol. The molecule has 4 aliphatic carbocycles. The summed E-state index contributed by atoms with van der Waals surface area (Å²) in [7, 11) is 0. The molecule has 4 bridgehead atoms. The Labute approximate surface area is 213 Å². The van der Waals surface area contributed by atoms with Gasteiger partial charge in [0.25, 0.3) is 0 Å². The second-order valence-corrected chi connectivity index (χ2v) is 12.0. The van der Waals surface area contributed by atoms with E-state index in [9.17, 15) is 14.4 Å². The number of ketones is 1. The van der Waals surface area contributed by atoms with Gasteiger partial charge < -0.3 is 9.80 Å². The van der Waals surface area contributed by atoms with Gasteiger partial charge in [-0.1, -0.05) is 42.5 Å². The first-order valence-corrected chi connectivity index (χ1v) is 13.7. The van der Waals surface area contributed by atoms with Crippen LogP contribution in [-0.4, -0.2) is 35.1 Å². The van der Waals surface area contributed by atoms with Crippen LogP contribution < -0.4 is 4.90 Å². The van der Waals surface area contributed by atoms with E-state index in [1.54, 1.807) is 16.7 Å². The topological polar surface area (TPSA) is 57.7 Å². The van der Waals surface area contributed by atoms with Crippen molar-refractivity contribution in [2.45, 2.75) is 70.9 Å². The number of nitrogens with zero attached hydrogens (tertiary/aromatic N) is 2. The van der Waals surface area contributed by atoms with Crippen LogP contribution in [0, 0.1) is 23.2 Å². The van der Waals surface area contributed by atoms with Crippen molar-refractivity contribution in [2.75, 3.05) is 11.4 Å². The van der Waals surface area contributed by atoms with Crippen LogP contribution in [0.2, 0.25) is 0 Å². The minimum Gasteiger partial charge on any atom is -0.330 e. The molecular formula is C31H36N2O3. The predicted octanol–water partition coefficient (Wildman–Crippen LogP) is 5.63. The lowest BCUT2D eigenvalue weighted by Crippen LogP contribution is -2.55. The molecule has 5 heteroatoms. The summed E-state index contributed by atoms with van der Waals surface area (Å²) in [6, 6.07) is 16.9. The van der Waals surface area contributed by atoms with Crippen molar-refractivity contribution in [2.24, 2.45) is 23.2 Å². The molecular weight excluding hydrogens is 448 g/mol. The van der Waals surface area contributed by atoms with Crippen LogP contribution in [0.3, 0.4) is 0 Å². The molecule has 0 N–H and O–H groups in total. The lowest BCUT2D eigenvalue weighted by atomic mass is 9.48. The van der Waals surface area contributed by atoms with Crippen molar-refractivity contribution in [1.82, 2.24) is 4.90 Å². The quantitative estimate of drug-likeness (QED) is 0.565. The van der Waals surface area contributed by atoms with Gasteiger partial charge in [-0.2, -0.15) is 0 Å². The van der Waals surface area contributed by atoms with Crippen molar-refractivity contribution >= 4 is 23.3 Å². The van der Waals surface area contributed by atoms with Crippen LogP contribution in [0.5, 0.6) is 0 Å². The summed E-state index contributed by atoms with van der Waals surface area (Å²) >= 11 is 0. The van der Waals surface area contributed by atoms with Gasteiger partial charge in [-0.15, -0.1) is 0 Å². The van der Waals surface area contributed by atoms with Crippen molar-refractivity contribution in [1.29, 1.82) is 0 Å². The van der Waals surface area contributed by atoms with Crippen LogP contribution in [-0.2, 0) is 16.1 Å². The zero-order chi connectivity index (χ0) is 24.9. The molecule has 1 heterocycles. The Balaban J connectivity index is 1.42. The van der Waals surface area contributed by atoms with Gasteiger partial charge in [-0.05, 0) is 85.8 Å². The molecule has 1 aliphatic heterocycles. The summed E-state index contributed by atoms with van der Waals surface area (Å²) in [4.78, 5) is 44.4. The van der Waals surface area contributed by atoms with Crippen LogP contribution in [0.4, 0.5) is 5.69 Å². The zero-order valence-electron chi connectivity index (χ0n) is 21.2. The van der Waals surface area contributed by atoms with E-state index in [4.69, 9.17) is 0 Å². The number of anilines is 1. The molecule has 0 spiro atoms. The Morgan fingerprint density at radius 2 is 1.50 bits per heavy atom. The zero-order valence-corrected chi connectivity index (χ0v) is 21.2. The maximum atomic E-state index is 14.6. The SMILES string of the molecule is CC(=O)N1CCC(=O)c2ccccc2N(Cc2ccccc2)C(=O)[C@H]1CC12CC3CC(CC(C3)C1)C2. The third kappa shape index (κ3) is 4.27. The fourth-order valence-electron chi connectivity index (χ4n) is 8.34. The van der Waals surface area contributed by atoms with E-state index in [1.165, 1.54) is 38.5 Å². The molecule has 2 amide bonds. The first kappa shape index (κ1) is 23.4. The number of benzene rings is 2. The first-order valence-electron chi connectivity index (χ1n) is 13.7. The van der Waals surface area contributed by atoms with Gasteiger partial charge in [-0.3, -0.25) is 14.4 Å². The average molecular weight is 485 g/mol. The highest BCUT2D eigenvalue weighted by Gasteiger charge is 2.53. The highest BCUT2D eigenvalue weighted by molar-refractivity contribution is 6.08. The Morgan fingerprint density at radius 1 is 0.889 bits per heavy atom. The second kappa shape index (κ2) is 9.17. The number of amides is 2. The molecule has 5 aliphatic rings. The smallest absolute Gasteiger partial charge is 0.250 e. The monoisotopic (exact) mass is 484 g/mol. The van der Waals surface area contributed by atoms with E-state index >= 15 is 0 Å². The van der Waals surface area contributed by atoms with Gasteiger partial charge in [0.15, 0.2) is 5.78 Å². The Kier molecular flexibility index (Phi) is 5.97. The van der Waals surface area contributed by atoms with Crippen molar-refractivity contribution in [3.8, 4) is 0 Å². The maximum absolute atomic E-state index is 14.6. The molecule has 4 saturated carbocycles. The molecule has 1 atom stereocenters. The normalized spacial score (nSPS) is 31.6. The molecule has 2 aromatic rings. The van der Waals surface area contributed by atoms with E-state index < -0.39 is 6.04 Å². The van der Waals surface area contributed by atoms with Gasteiger partial charge in [0, 0.05) is 25.5 Å². The van der Waals surface area contributed by atoms with Gasteiger partial charge >= 0.3 is 0 Å². The Morgan fingerprint density at radius 3 is 2.14 bits per heavy atom. The third-order valence-corrected chi connectivity index (χ3v) is 9.38. The number of carbonyl (C=O) groups is 3. The van der Waals surface area contributed by atoms with Gasteiger partial charge in [0.05, 0.1) is 12.2 Å². The summed E-state index contributed by atoms with van der Waals surface area (Å²) in [6.45, 7) is 2.23. The van der Waals surface area contributed by atoms with Crippen molar-refractivity contribution in [3.63, 3.8) is 0 Å². The highest BCUT2D eigenvalue weighted by atomic mass is 16.2. The summed E-state index contributed by atoms with van der Waals surface area (Å²) in [5.41, 5.74) is 2.38. The molecule has 5 nitrogen and oxygen atoms in total. The van der Waals surface area contributed by atoms with E-state index in [0.29, 0.717) is 24.3 Å². The molecule has 7 rings (SSSR count). The standard InChI is InChI=1S/C31H36N2O3/c1-21(34)32-12-11-29(35)26-9-5-6-10-27(26)33(20-22-7-3-2-4-8-22)30(36)28(32)19-31-16-23-13-24(17-31)15-25(14-23)18-31/h2-10,23-25,28H,11-20H2,1H3/t23?,24?,25?,28-,31?/m1/s1. The average Bonchev–Trinajstić information content (AvgIpc) is 2.89.